The molecule has 3 aromatic carbocycles. The Morgan fingerprint density at radius 1 is 0.577 bits per heavy atom. The molecule has 2 N–H and O–H groups in total. The lowest BCUT2D eigenvalue weighted by atomic mass is 10.2. The van der Waals surface area contributed by atoms with Crippen LogP contribution in [-0.2, 0) is 0 Å². The van der Waals surface area contributed by atoms with E-state index in [2.05, 4.69) is 0 Å². The van der Waals surface area contributed by atoms with Crippen molar-refractivity contribution in [3.8, 4) is 23.0 Å². The zero-order valence-corrected chi connectivity index (χ0v) is 13.5. The monoisotopic (exact) mass is 350 g/mol. The maximum atomic E-state index is 12.0. The Labute approximate surface area is 148 Å². The number of esters is 2. The molecule has 0 saturated heterocycles. The molecular weight excluding hydrogens is 336 g/mol. The van der Waals surface area contributed by atoms with Gasteiger partial charge < -0.3 is 19.7 Å². The summed E-state index contributed by atoms with van der Waals surface area (Å²) in [5.41, 5.74) is 0.0881. The van der Waals surface area contributed by atoms with Gasteiger partial charge in [0.1, 0.15) is 34.1 Å². The predicted octanol–water partition coefficient (Wildman–Crippen LogP) is 3.54. The van der Waals surface area contributed by atoms with Crippen molar-refractivity contribution in [1.82, 2.24) is 0 Å². The number of para-hydroxylation sites is 2. The van der Waals surface area contributed by atoms with Gasteiger partial charge in [-0.05, 0) is 48.5 Å². The fourth-order valence-corrected chi connectivity index (χ4v) is 2.19. The number of aromatic hydroxyl groups is 2. The minimum atomic E-state index is -0.706. The molecule has 0 atom stereocenters. The first-order valence-corrected chi connectivity index (χ1v) is 7.65. The van der Waals surface area contributed by atoms with Crippen molar-refractivity contribution in [2.45, 2.75) is 0 Å². The maximum Gasteiger partial charge on any atom is 0.347 e. The van der Waals surface area contributed by atoms with Crippen LogP contribution in [0.3, 0.4) is 0 Å². The van der Waals surface area contributed by atoms with Crippen LogP contribution >= 0.6 is 0 Å². The number of rotatable bonds is 4. The average molecular weight is 350 g/mol. The molecule has 0 aliphatic heterocycles. The van der Waals surface area contributed by atoms with Crippen LogP contribution in [0.5, 0.6) is 23.0 Å². The molecule has 0 saturated carbocycles. The Kier molecular flexibility index (Phi) is 4.85. The smallest absolute Gasteiger partial charge is 0.347 e. The van der Waals surface area contributed by atoms with Gasteiger partial charge in [-0.15, -0.1) is 0 Å². The quantitative estimate of drug-likeness (QED) is 0.552. The summed E-state index contributed by atoms with van der Waals surface area (Å²) >= 11 is 0. The van der Waals surface area contributed by atoms with E-state index in [1.165, 1.54) is 48.5 Å². The van der Waals surface area contributed by atoms with Crippen molar-refractivity contribution in [2.75, 3.05) is 0 Å². The van der Waals surface area contributed by atoms with Crippen LogP contribution < -0.4 is 9.47 Å². The summed E-state index contributed by atoms with van der Waals surface area (Å²) in [4.78, 5) is 24.0. The van der Waals surface area contributed by atoms with Gasteiger partial charge in [0.25, 0.3) is 0 Å². The zero-order chi connectivity index (χ0) is 18.5. The van der Waals surface area contributed by atoms with Gasteiger partial charge in [0, 0.05) is 0 Å². The van der Waals surface area contributed by atoms with Crippen molar-refractivity contribution < 1.29 is 29.3 Å². The third kappa shape index (κ3) is 3.81. The van der Waals surface area contributed by atoms with Crippen molar-refractivity contribution in [1.29, 1.82) is 0 Å². The highest BCUT2D eigenvalue weighted by molar-refractivity contribution is 5.94. The van der Waals surface area contributed by atoms with Crippen LogP contribution in [0.4, 0.5) is 0 Å². The van der Waals surface area contributed by atoms with Crippen molar-refractivity contribution in [2.24, 2.45) is 0 Å². The third-order valence-electron chi connectivity index (χ3n) is 3.49. The Bertz CT molecular complexity index is 868. The first kappa shape index (κ1) is 17.0. The van der Waals surface area contributed by atoms with Crippen LogP contribution in [0, 0.1) is 0 Å². The number of benzene rings is 3. The molecule has 0 aliphatic carbocycles. The highest BCUT2D eigenvalue weighted by Gasteiger charge is 2.15. The summed E-state index contributed by atoms with van der Waals surface area (Å²) in [6.07, 6.45) is 0. The van der Waals surface area contributed by atoms with Crippen LogP contribution in [0.15, 0.2) is 72.8 Å². The van der Waals surface area contributed by atoms with Crippen LogP contribution in [0.1, 0.15) is 20.7 Å². The van der Waals surface area contributed by atoms with E-state index in [1.54, 1.807) is 24.3 Å². The van der Waals surface area contributed by atoms with Gasteiger partial charge in [0.2, 0.25) is 0 Å². The lowest BCUT2D eigenvalue weighted by Gasteiger charge is -2.08. The van der Waals surface area contributed by atoms with Crippen LogP contribution in [0.25, 0.3) is 0 Å². The standard InChI is InChI=1S/C20H14O6/c21-17-7-3-1-5-15(17)19(23)25-13-9-11-14(12-10-13)26-20(24)16-6-2-4-8-18(16)22/h1-12,21-22H. The molecule has 6 heteroatoms. The molecule has 0 aliphatic rings. The molecule has 0 unspecified atom stereocenters. The van der Waals surface area contributed by atoms with Gasteiger partial charge in [0.15, 0.2) is 0 Å². The number of carbonyl (C=O) groups excluding carboxylic acids is 2. The Hall–Kier alpha value is -3.80. The molecule has 0 amide bonds. The van der Waals surface area contributed by atoms with E-state index >= 15 is 0 Å². The largest absolute Gasteiger partial charge is 0.507 e. The number of ether oxygens (including phenoxy) is 2. The second-order valence-corrected chi connectivity index (χ2v) is 5.28. The van der Waals surface area contributed by atoms with Gasteiger partial charge in [-0.3, -0.25) is 0 Å². The molecule has 0 spiro atoms. The number of phenols is 2. The topological polar surface area (TPSA) is 93.1 Å². The Morgan fingerprint density at radius 3 is 1.27 bits per heavy atom. The second-order valence-electron chi connectivity index (χ2n) is 5.28. The van der Waals surface area contributed by atoms with Crippen molar-refractivity contribution >= 4 is 11.9 Å². The van der Waals surface area contributed by atoms with E-state index in [1.807, 2.05) is 0 Å². The lowest BCUT2D eigenvalue weighted by Crippen LogP contribution is -2.10. The molecule has 0 fully saturated rings. The molecule has 3 rings (SSSR count). The maximum absolute atomic E-state index is 12.0. The fraction of sp³-hybridized carbons (Fsp3) is 0. The van der Waals surface area contributed by atoms with Crippen LogP contribution in [0.2, 0.25) is 0 Å². The highest BCUT2D eigenvalue weighted by atomic mass is 16.5. The van der Waals surface area contributed by atoms with Gasteiger partial charge in [-0.25, -0.2) is 9.59 Å². The summed E-state index contributed by atoms with van der Waals surface area (Å²) in [6.45, 7) is 0. The van der Waals surface area contributed by atoms with E-state index in [0.29, 0.717) is 0 Å². The van der Waals surface area contributed by atoms with Gasteiger partial charge in [0.05, 0.1) is 0 Å². The van der Waals surface area contributed by atoms with Gasteiger partial charge in [-0.1, -0.05) is 24.3 Å². The minimum absolute atomic E-state index is 0.0440. The van der Waals surface area contributed by atoms with E-state index in [4.69, 9.17) is 9.47 Å². The highest BCUT2D eigenvalue weighted by Crippen LogP contribution is 2.23. The summed E-state index contributed by atoms with van der Waals surface area (Å²) in [7, 11) is 0. The molecule has 0 radical (unpaired) electrons. The first-order chi connectivity index (χ1) is 12.5. The van der Waals surface area contributed by atoms with Gasteiger partial charge >= 0.3 is 11.9 Å². The number of hydrogen-bond acceptors (Lipinski definition) is 6. The van der Waals surface area contributed by atoms with Gasteiger partial charge in [-0.2, -0.15) is 0 Å². The first-order valence-electron chi connectivity index (χ1n) is 7.65. The SMILES string of the molecule is O=C(Oc1ccc(OC(=O)c2ccccc2O)cc1)c1ccccc1O. The Morgan fingerprint density at radius 2 is 0.923 bits per heavy atom. The summed E-state index contributed by atoms with van der Waals surface area (Å²) in [5.74, 6) is -1.32. The predicted molar refractivity (Wildman–Crippen MR) is 92.6 cm³/mol. The molecule has 6 nitrogen and oxygen atoms in total. The zero-order valence-electron chi connectivity index (χ0n) is 13.5. The summed E-state index contributed by atoms with van der Waals surface area (Å²) in [5, 5.41) is 19.3. The fourth-order valence-electron chi connectivity index (χ4n) is 2.19. The molecule has 0 aromatic heterocycles. The van der Waals surface area contributed by atoms with Crippen LogP contribution in [-0.4, -0.2) is 22.2 Å². The normalized spacial score (nSPS) is 10.2. The van der Waals surface area contributed by atoms with E-state index in [0.717, 1.165) is 0 Å². The molecule has 0 bridgehead atoms. The lowest BCUT2D eigenvalue weighted by molar-refractivity contribution is 0.0715. The average Bonchev–Trinajstić information content (AvgIpc) is 2.64. The minimum Gasteiger partial charge on any atom is -0.507 e. The van der Waals surface area contributed by atoms with E-state index < -0.39 is 11.9 Å². The molecular formula is C20H14O6. The summed E-state index contributed by atoms with van der Waals surface area (Å²) in [6, 6.07) is 17.9. The second kappa shape index (κ2) is 7.40. The number of carbonyl (C=O) groups is 2. The molecule has 3 aromatic rings. The number of phenolic OH excluding ortho intramolecular Hbond substituents is 2. The Balaban J connectivity index is 1.67. The molecule has 0 heterocycles. The van der Waals surface area contributed by atoms with E-state index in [9.17, 15) is 19.8 Å². The van der Waals surface area contributed by atoms with E-state index in [-0.39, 0.29) is 34.1 Å². The molecule has 130 valence electrons. The summed E-state index contributed by atoms with van der Waals surface area (Å²) < 4.78 is 10.3. The molecule has 26 heavy (non-hydrogen) atoms. The van der Waals surface area contributed by atoms with Crippen molar-refractivity contribution in [3.05, 3.63) is 83.9 Å². The third-order valence-corrected chi connectivity index (χ3v) is 3.49. The van der Waals surface area contributed by atoms with Crippen molar-refractivity contribution in [3.63, 3.8) is 0 Å². The number of hydrogen-bond donors (Lipinski definition) is 2.